The highest BCUT2D eigenvalue weighted by molar-refractivity contribution is 5.83. The van der Waals surface area contributed by atoms with Gasteiger partial charge in [-0.15, -0.1) is 0 Å². The van der Waals surface area contributed by atoms with E-state index in [2.05, 4.69) is 10.6 Å². The van der Waals surface area contributed by atoms with Crippen molar-refractivity contribution in [3.8, 4) is 0 Å². The van der Waals surface area contributed by atoms with Crippen LogP contribution < -0.4 is 10.6 Å². The minimum atomic E-state index is -0.382. The molecule has 27 heavy (non-hydrogen) atoms. The topological polar surface area (TPSA) is 119 Å². The number of rotatable bonds is 16. The predicted octanol–water partition coefficient (Wildman–Crippen LogP) is 0.666. The smallest absolute Gasteiger partial charge is 0.242 e. The van der Waals surface area contributed by atoms with E-state index in [4.69, 9.17) is 0 Å². The second-order valence-electron chi connectivity index (χ2n) is 6.50. The molecule has 9 nitrogen and oxygen atoms in total. The Labute approximate surface area is 161 Å². The van der Waals surface area contributed by atoms with E-state index in [0.29, 0.717) is 37.5 Å². The van der Waals surface area contributed by atoms with Crippen LogP contribution in [-0.2, 0) is 19.2 Å². The molecule has 0 bridgehead atoms. The van der Waals surface area contributed by atoms with Crippen molar-refractivity contribution in [3.05, 3.63) is 0 Å². The van der Waals surface area contributed by atoms with Crippen LogP contribution in [0.4, 0.5) is 0 Å². The molecule has 0 spiro atoms. The molecule has 4 amide bonds. The minimum absolute atomic E-state index is 0.0524. The number of nitrogens with one attached hydrogen (secondary N) is 2. The van der Waals surface area contributed by atoms with Crippen LogP contribution >= 0.6 is 0 Å². The van der Waals surface area contributed by atoms with Crippen molar-refractivity contribution in [3.63, 3.8) is 0 Å². The molecule has 0 aliphatic heterocycles. The summed E-state index contributed by atoms with van der Waals surface area (Å²) >= 11 is 0. The number of hydrogen-bond donors (Lipinski definition) is 3. The van der Waals surface area contributed by atoms with Crippen molar-refractivity contribution in [2.45, 2.75) is 58.3 Å². The number of hydrogen-bond acceptors (Lipinski definition) is 5. The zero-order valence-electron chi connectivity index (χ0n) is 16.5. The van der Waals surface area contributed by atoms with Crippen LogP contribution in [0.5, 0.6) is 0 Å². The van der Waals surface area contributed by atoms with Crippen molar-refractivity contribution < 1.29 is 24.4 Å². The molecule has 0 aromatic heterocycles. The summed E-state index contributed by atoms with van der Waals surface area (Å²) in [4.78, 5) is 46.3. The molecule has 0 rings (SSSR count). The van der Waals surface area contributed by atoms with Crippen molar-refractivity contribution in [2.24, 2.45) is 0 Å². The molecule has 0 radical (unpaired) electrons. The molecule has 0 aliphatic rings. The lowest BCUT2D eigenvalue weighted by molar-refractivity contribution is -0.162. The summed E-state index contributed by atoms with van der Waals surface area (Å²) in [5.41, 5.74) is 0. The number of carbonyl (C=O) groups is 4. The van der Waals surface area contributed by atoms with Crippen molar-refractivity contribution in [1.29, 1.82) is 0 Å². The number of amides is 4. The van der Waals surface area contributed by atoms with Gasteiger partial charge in [0, 0.05) is 53.0 Å². The van der Waals surface area contributed by atoms with Gasteiger partial charge in [-0.3, -0.25) is 24.4 Å². The van der Waals surface area contributed by atoms with E-state index in [9.17, 15) is 24.4 Å². The van der Waals surface area contributed by atoms with Gasteiger partial charge in [-0.25, -0.2) is 5.06 Å². The molecule has 9 heteroatoms. The van der Waals surface area contributed by atoms with Gasteiger partial charge in [0.1, 0.15) is 0 Å². The summed E-state index contributed by atoms with van der Waals surface area (Å²) < 4.78 is 0. The van der Waals surface area contributed by atoms with Gasteiger partial charge in [0.15, 0.2) is 0 Å². The Morgan fingerprint density at radius 3 is 2.19 bits per heavy atom. The third kappa shape index (κ3) is 14.7. The van der Waals surface area contributed by atoms with Crippen molar-refractivity contribution in [2.75, 3.05) is 33.2 Å². The van der Waals surface area contributed by atoms with Crippen LogP contribution in [0.2, 0.25) is 0 Å². The SMILES string of the molecule is CC(=O)N(O)CCCCCNC(=O)CCC(=O)N(C)CCCCCNC=O. The average Bonchev–Trinajstić information content (AvgIpc) is 2.64. The summed E-state index contributed by atoms with van der Waals surface area (Å²) in [6.07, 6.45) is 5.92. The Morgan fingerprint density at radius 1 is 0.926 bits per heavy atom. The minimum Gasteiger partial charge on any atom is -0.359 e. The molecule has 0 saturated heterocycles. The molecule has 0 aromatic rings. The summed E-state index contributed by atoms with van der Waals surface area (Å²) in [6.45, 7) is 3.40. The summed E-state index contributed by atoms with van der Waals surface area (Å²) in [5, 5.41) is 15.3. The van der Waals surface area contributed by atoms with Crippen molar-refractivity contribution in [1.82, 2.24) is 20.6 Å². The van der Waals surface area contributed by atoms with Gasteiger partial charge in [-0.05, 0) is 38.5 Å². The third-order valence-corrected chi connectivity index (χ3v) is 4.12. The standard InChI is InChI=1S/C18H34N4O5/c1-16(24)22(27)14-8-4-6-12-20-17(25)9-10-18(26)21(2)13-7-3-5-11-19-15-23/h15,27H,3-14H2,1-2H3,(H,19,23)(H,20,25). The third-order valence-electron chi connectivity index (χ3n) is 4.12. The summed E-state index contributed by atoms with van der Waals surface area (Å²) in [7, 11) is 1.73. The second-order valence-corrected chi connectivity index (χ2v) is 6.50. The van der Waals surface area contributed by atoms with Crippen LogP contribution in [0, 0.1) is 0 Å². The average molecular weight is 386 g/mol. The highest BCUT2D eigenvalue weighted by Crippen LogP contribution is 2.01. The fraction of sp³-hybridized carbons (Fsp3) is 0.778. The van der Waals surface area contributed by atoms with Gasteiger partial charge in [0.25, 0.3) is 0 Å². The first-order chi connectivity index (χ1) is 12.9. The van der Waals surface area contributed by atoms with E-state index in [1.165, 1.54) is 6.92 Å². The van der Waals surface area contributed by atoms with E-state index in [-0.39, 0.29) is 37.1 Å². The quantitative estimate of drug-likeness (QED) is 0.156. The zero-order valence-corrected chi connectivity index (χ0v) is 16.5. The molecule has 0 unspecified atom stereocenters. The number of unbranched alkanes of at least 4 members (excludes halogenated alkanes) is 4. The molecule has 0 atom stereocenters. The number of hydroxylamine groups is 2. The molecule has 3 N–H and O–H groups in total. The Hall–Kier alpha value is -2.16. The predicted molar refractivity (Wildman–Crippen MR) is 101 cm³/mol. The van der Waals surface area contributed by atoms with Gasteiger partial charge in [0.2, 0.25) is 24.1 Å². The van der Waals surface area contributed by atoms with Crippen LogP contribution in [0.25, 0.3) is 0 Å². The second kappa shape index (κ2) is 16.0. The maximum atomic E-state index is 12.0. The number of carbonyl (C=O) groups excluding carboxylic acids is 4. The van der Waals surface area contributed by atoms with Crippen LogP contribution in [-0.4, -0.2) is 72.5 Å². The molecule has 0 aromatic carbocycles. The molecule has 0 heterocycles. The van der Waals surface area contributed by atoms with E-state index >= 15 is 0 Å². The summed E-state index contributed by atoms with van der Waals surface area (Å²) in [5.74, 6) is -0.583. The lowest BCUT2D eigenvalue weighted by Gasteiger charge is -2.17. The van der Waals surface area contributed by atoms with Gasteiger partial charge >= 0.3 is 0 Å². The Balaban J connectivity index is 3.63. The molecule has 0 fully saturated rings. The largest absolute Gasteiger partial charge is 0.359 e. The molecular formula is C18H34N4O5. The Kier molecular flexibility index (Phi) is 14.8. The van der Waals surface area contributed by atoms with E-state index in [1.807, 2.05) is 0 Å². The van der Waals surface area contributed by atoms with Gasteiger partial charge in [-0.2, -0.15) is 0 Å². The van der Waals surface area contributed by atoms with Gasteiger partial charge in [0.05, 0.1) is 0 Å². The Bertz CT molecular complexity index is 459. The van der Waals surface area contributed by atoms with Gasteiger partial charge in [-0.1, -0.05) is 0 Å². The normalized spacial score (nSPS) is 10.2. The molecule has 156 valence electrons. The van der Waals surface area contributed by atoms with Crippen LogP contribution in [0.1, 0.15) is 58.3 Å². The fourth-order valence-corrected chi connectivity index (χ4v) is 2.38. The molecule has 0 saturated carbocycles. The van der Waals surface area contributed by atoms with E-state index in [1.54, 1.807) is 11.9 Å². The van der Waals surface area contributed by atoms with Crippen molar-refractivity contribution >= 4 is 24.1 Å². The van der Waals surface area contributed by atoms with E-state index in [0.717, 1.165) is 32.1 Å². The van der Waals surface area contributed by atoms with Gasteiger partial charge < -0.3 is 15.5 Å². The highest BCUT2D eigenvalue weighted by Gasteiger charge is 2.11. The van der Waals surface area contributed by atoms with Crippen LogP contribution in [0.15, 0.2) is 0 Å². The first-order valence-corrected chi connectivity index (χ1v) is 9.53. The summed E-state index contributed by atoms with van der Waals surface area (Å²) in [6, 6.07) is 0. The Morgan fingerprint density at radius 2 is 1.56 bits per heavy atom. The zero-order chi connectivity index (χ0) is 20.5. The van der Waals surface area contributed by atoms with Crippen LogP contribution in [0.3, 0.4) is 0 Å². The maximum absolute atomic E-state index is 12.0. The van der Waals surface area contributed by atoms with E-state index < -0.39 is 0 Å². The fourth-order valence-electron chi connectivity index (χ4n) is 2.38. The maximum Gasteiger partial charge on any atom is 0.242 e. The highest BCUT2D eigenvalue weighted by atomic mass is 16.5. The monoisotopic (exact) mass is 386 g/mol. The molecular weight excluding hydrogens is 352 g/mol. The number of nitrogens with zero attached hydrogens (tertiary/aromatic N) is 2. The first kappa shape index (κ1) is 24.8. The lowest BCUT2D eigenvalue weighted by Crippen LogP contribution is -2.30. The molecule has 0 aliphatic carbocycles. The lowest BCUT2D eigenvalue weighted by atomic mass is 10.2. The first-order valence-electron chi connectivity index (χ1n) is 9.53.